The maximum absolute atomic E-state index is 11.8. The molecule has 156 valence electrons. The SMILES string of the molecule is CCOC(=O)C(Cc1ccc(OCCCOc2ccc(C(=O)O)cc2)cc1)OC. The van der Waals surface area contributed by atoms with E-state index in [0.29, 0.717) is 38.4 Å². The van der Waals surface area contributed by atoms with E-state index >= 15 is 0 Å². The van der Waals surface area contributed by atoms with Crippen LogP contribution in [0.5, 0.6) is 11.5 Å². The molecule has 0 spiro atoms. The van der Waals surface area contributed by atoms with Crippen molar-refractivity contribution in [1.82, 2.24) is 0 Å². The maximum Gasteiger partial charge on any atom is 0.335 e. The first-order chi connectivity index (χ1) is 14.0. The molecule has 0 aliphatic heterocycles. The fourth-order valence-electron chi connectivity index (χ4n) is 2.57. The Morgan fingerprint density at radius 2 is 1.48 bits per heavy atom. The van der Waals surface area contributed by atoms with Crippen molar-refractivity contribution in [1.29, 1.82) is 0 Å². The molecule has 29 heavy (non-hydrogen) atoms. The van der Waals surface area contributed by atoms with E-state index < -0.39 is 12.1 Å². The van der Waals surface area contributed by atoms with Crippen LogP contribution in [0.25, 0.3) is 0 Å². The van der Waals surface area contributed by atoms with Crippen molar-refractivity contribution in [3.05, 3.63) is 59.7 Å². The average molecular weight is 402 g/mol. The molecule has 0 amide bonds. The standard InChI is InChI=1S/C22H26O7/c1-3-27-22(25)20(26-2)15-16-5-9-18(10-6-16)28-13-4-14-29-19-11-7-17(8-12-19)21(23)24/h5-12,20H,3-4,13-15H2,1-2H3,(H,23,24). The maximum atomic E-state index is 11.8. The molecule has 0 aliphatic rings. The Morgan fingerprint density at radius 3 is 1.97 bits per heavy atom. The fraction of sp³-hybridized carbons (Fsp3) is 0.364. The molecule has 0 saturated heterocycles. The number of aromatic carboxylic acids is 1. The van der Waals surface area contributed by atoms with Crippen molar-refractivity contribution in [3.8, 4) is 11.5 Å². The minimum absolute atomic E-state index is 0.225. The number of carbonyl (C=O) groups excluding carboxylic acids is 1. The summed E-state index contributed by atoms with van der Waals surface area (Å²) in [4.78, 5) is 22.6. The molecule has 7 nitrogen and oxygen atoms in total. The van der Waals surface area contributed by atoms with Gasteiger partial charge in [0.15, 0.2) is 6.10 Å². The predicted octanol–water partition coefficient (Wildman–Crippen LogP) is 3.35. The number of hydrogen-bond acceptors (Lipinski definition) is 6. The highest BCUT2D eigenvalue weighted by Crippen LogP contribution is 2.16. The van der Waals surface area contributed by atoms with Gasteiger partial charge in [-0.2, -0.15) is 0 Å². The van der Waals surface area contributed by atoms with Crippen LogP contribution in [0.1, 0.15) is 29.3 Å². The summed E-state index contributed by atoms with van der Waals surface area (Å²) in [7, 11) is 1.49. The number of esters is 1. The third kappa shape index (κ3) is 7.46. The minimum Gasteiger partial charge on any atom is -0.493 e. The van der Waals surface area contributed by atoms with E-state index in [-0.39, 0.29) is 11.5 Å². The molecule has 0 radical (unpaired) electrons. The van der Waals surface area contributed by atoms with Crippen LogP contribution in [0, 0.1) is 0 Å². The van der Waals surface area contributed by atoms with Crippen LogP contribution in [-0.4, -0.2) is 50.1 Å². The van der Waals surface area contributed by atoms with E-state index in [1.54, 1.807) is 19.1 Å². The average Bonchev–Trinajstić information content (AvgIpc) is 2.73. The molecule has 2 rings (SSSR count). The highest BCUT2D eigenvalue weighted by Gasteiger charge is 2.19. The molecule has 1 unspecified atom stereocenters. The van der Waals surface area contributed by atoms with Crippen LogP contribution >= 0.6 is 0 Å². The number of carboxylic acids is 1. The number of rotatable bonds is 12. The Labute approximate surface area is 170 Å². The molecule has 0 aromatic heterocycles. The first kappa shape index (κ1) is 22.2. The van der Waals surface area contributed by atoms with E-state index in [1.165, 1.54) is 19.2 Å². The van der Waals surface area contributed by atoms with Gasteiger partial charge < -0.3 is 24.1 Å². The van der Waals surface area contributed by atoms with Gasteiger partial charge in [-0.15, -0.1) is 0 Å². The van der Waals surface area contributed by atoms with Gasteiger partial charge in [0.05, 0.1) is 25.4 Å². The summed E-state index contributed by atoms with van der Waals surface area (Å²) in [6.07, 6.45) is 0.490. The Kier molecular flexibility index (Phi) is 8.98. The third-order valence-electron chi connectivity index (χ3n) is 4.11. The second kappa shape index (κ2) is 11.7. The molecule has 0 saturated carbocycles. The summed E-state index contributed by atoms with van der Waals surface area (Å²) in [5.74, 6) is 0.0147. The molecule has 0 aliphatic carbocycles. The highest BCUT2D eigenvalue weighted by molar-refractivity contribution is 5.87. The summed E-state index contributed by atoms with van der Waals surface area (Å²) in [6, 6.07) is 13.7. The molecular weight excluding hydrogens is 376 g/mol. The predicted molar refractivity (Wildman–Crippen MR) is 107 cm³/mol. The summed E-state index contributed by atoms with van der Waals surface area (Å²) in [6.45, 7) is 3.02. The van der Waals surface area contributed by atoms with Gasteiger partial charge in [0.25, 0.3) is 0 Å². The molecule has 7 heteroatoms. The van der Waals surface area contributed by atoms with Crippen LogP contribution in [0.3, 0.4) is 0 Å². The first-order valence-corrected chi connectivity index (χ1v) is 9.40. The normalized spacial score (nSPS) is 11.5. The molecule has 2 aromatic carbocycles. The summed E-state index contributed by atoms with van der Waals surface area (Å²) >= 11 is 0. The van der Waals surface area contributed by atoms with Gasteiger partial charge in [-0.25, -0.2) is 9.59 Å². The van der Waals surface area contributed by atoms with Crippen molar-refractivity contribution >= 4 is 11.9 Å². The number of ether oxygens (including phenoxy) is 4. The zero-order chi connectivity index (χ0) is 21.1. The van der Waals surface area contributed by atoms with Crippen LogP contribution in [0.2, 0.25) is 0 Å². The van der Waals surface area contributed by atoms with E-state index in [4.69, 9.17) is 24.1 Å². The van der Waals surface area contributed by atoms with Gasteiger partial charge in [0.1, 0.15) is 11.5 Å². The first-order valence-electron chi connectivity index (χ1n) is 9.40. The van der Waals surface area contributed by atoms with Crippen molar-refractivity contribution in [3.63, 3.8) is 0 Å². The van der Waals surface area contributed by atoms with Crippen LogP contribution < -0.4 is 9.47 Å². The summed E-state index contributed by atoms with van der Waals surface area (Å²) < 4.78 is 21.4. The Balaban J connectivity index is 1.70. The van der Waals surface area contributed by atoms with Crippen molar-refractivity contribution in [2.75, 3.05) is 26.9 Å². The van der Waals surface area contributed by atoms with Crippen molar-refractivity contribution in [2.45, 2.75) is 25.9 Å². The number of carbonyl (C=O) groups is 2. The van der Waals surface area contributed by atoms with Gasteiger partial charge in [0, 0.05) is 20.0 Å². The number of methoxy groups -OCH3 is 1. The number of carboxylic acid groups (broad SMARTS) is 1. The summed E-state index contributed by atoms with van der Waals surface area (Å²) in [5.41, 5.74) is 1.17. The third-order valence-corrected chi connectivity index (χ3v) is 4.11. The lowest BCUT2D eigenvalue weighted by atomic mass is 10.1. The molecule has 0 heterocycles. The Bertz CT molecular complexity index is 769. The quantitative estimate of drug-likeness (QED) is 0.430. The molecule has 1 atom stereocenters. The monoisotopic (exact) mass is 402 g/mol. The van der Waals surface area contributed by atoms with Gasteiger partial charge in [-0.05, 0) is 48.9 Å². The minimum atomic E-state index is -0.963. The zero-order valence-corrected chi connectivity index (χ0v) is 16.6. The summed E-state index contributed by atoms with van der Waals surface area (Å²) in [5, 5.41) is 8.86. The van der Waals surface area contributed by atoms with Crippen LogP contribution in [0.15, 0.2) is 48.5 Å². The van der Waals surface area contributed by atoms with Gasteiger partial charge in [0.2, 0.25) is 0 Å². The van der Waals surface area contributed by atoms with Crippen LogP contribution in [0.4, 0.5) is 0 Å². The van der Waals surface area contributed by atoms with Crippen molar-refractivity contribution in [2.24, 2.45) is 0 Å². The molecule has 1 N–H and O–H groups in total. The highest BCUT2D eigenvalue weighted by atomic mass is 16.6. The van der Waals surface area contributed by atoms with E-state index in [2.05, 4.69) is 0 Å². The second-order valence-electron chi connectivity index (χ2n) is 6.20. The van der Waals surface area contributed by atoms with Gasteiger partial charge >= 0.3 is 11.9 Å². The Morgan fingerprint density at radius 1 is 0.931 bits per heavy atom. The second-order valence-corrected chi connectivity index (χ2v) is 6.20. The topological polar surface area (TPSA) is 91.3 Å². The van der Waals surface area contributed by atoms with Gasteiger partial charge in [-0.1, -0.05) is 12.1 Å². The lowest BCUT2D eigenvalue weighted by Gasteiger charge is -2.14. The van der Waals surface area contributed by atoms with Gasteiger partial charge in [-0.3, -0.25) is 0 Å². The largest absolute Gasteiger partial charge is 0.493 e. The van der Waals surface area contributed by atoms with Crippen LogP contribution in [-0.2, 0) is 20.7 Å². The molecular formula is C22H26O7. The van der Waals surface area contributed by atoms with E-state index in [9.17, 15) is 9.59 Å². The van der Waals surface area contributed by atoms with Crippen molar-refractivity contribution < 1.29 is 33.6 Å². The molecule has 2 aromatic rings. The fourth-order valence-corrected chi connectivity index (χ4v) is 2.57. The molecule has 0 fully saturated rings. The lowest BCUT2D eigenvalue weighted by Crippen LogP contribution is -2.27. The van der Waals surface area contributed by atoms with E-state index in [0.717, 1.165) is 11.3 Å². The lowest BCUT2D eigenvalue weighted by molar-refractivity contribution is -0.154. The number of hydrogen-bond donors (Lipinski definition) is 1. The molecule has 0 bridgehead atoms. The zero-order valence-electron chi connectivity index (χ0n) is 16.6. The Hall–Kier alpha value is -3.06. The smallest absolute Gasteiger partial charge is 0.335 e. The number of benzene rings is 2. The van der Waals surface area contributed by atoms with E-state index in [1.807, 2.05) is 24.3 Å².